The summed E-state index contributed by atoms with van der Waals surface area (Å²) in [4.78, 5) is 0. The fourth-order valence-corrected chi connectivity index (χ4v) is 3.02. The molecule has 18 heavy (non-hydrogen) atoms. The Labute approximate surface area is 115 Å². The molecule has 0 aromatic heterocycles. The molecule has 3 nitrogen and oxygen atoms in total. The van der Waals surface area contributed by atoms with E-state index in [4.69, 9.17) is 9.47 Å². The number of halogens is 2. The summed E-state index contributed by atoms with van der Waals surface area (Å²) in [6.07, 6.45) is 1.99. The van der Waals surface area contributed by atoms with Crippen LogP contribution in [0.1, 0.15) is 24.3 Å². The van der Waals surface area contributed by atoms with E-state index in [1.54, 1.807) is 0 Å². The van der Waals surface area contributed by atoms with Crippen LogP contribution in [0.5, 0.6) is 11.5 Å². The molecule has 0 spiro atoms. The summed E-state index contributed by atoms with van der Waals surface area (Å²) in [5.74, 6) is 0.410. The fraction of sp³-hybridized carbons (Fsp3) is 0.538. The van der Waals surface area contributed by atoms with Crippen molar-refractivity contribution < 1.29 is 13.9 Å². The van der Waals surface area contributed by atoms with Gasteiger partial charge in [-0.2, -0.15) is 4.39 Å². The zero-order chi connectivity index (χ0) is 13.1. The Morgan fingerprint density at radius 2 is 1.83 bits per heavy atom. The van der Waals surface area contributed by atoms with E-state index in [1.165, 1.54) is 14.2 Å². The second-order valence-corrected chi connectivity index (χ2v) is 5.21. The second kappa shape index (κ2) is 5.89. The molecule has 1 aromatic rings. The number of methoxy groups -OCH3 is 2. The van der Waals surface area contributed by atoms with Crippen LogP contribution in [0.25, 0.3) is 0 Å². The van der Waals surface area contributed by atoms with Gasteiger partial charge in [0.1, 0.15) is 0 Å². The normalized spacial score (nSPS) is 16.7. The van der Waals surface area contributed by atoms with Crippen molar-refractivity contribution in [2.24, 2.45) is 0 Å². The first-order valence-corrected chi connectivity index (χ1v) is 6.79. The summed E-state index contributed by atoms with van der Waals surface area (Å²) in [6, 6.07) is 1.91. The molecule has 1 aliphatic rings. The zero-order valence-corrected chi connectivity index (χ0v) is 12.1. The van der Waals surface area contributed by atoms with Crippen molar-refractivity contribution in [2.75, 3.05) is 27.3 Å². The summed E-state index contributed by atoms with van der Waals surface area (Å²) >= 11 is 3.35. The number of nitrogens with one attached hydrogen (secondary N) is 1. The Balaban J connectivity index is 2.45. The zero-order valence-electron chi connectivity index (χ0n) is 10.6. The average Bonchev–Trinajstić information content (AvgIpc) is 2.39. The van der Waals surface area contributed by atoms with Crippen molar-refractivity contribution in [3.8, 4) is 11.5 Å². The summed E-state index contributed by atoms with van der Waals surface area (Å²) in [6.45, 7) is 1.91. The SMILES string of the molecule is COc1c(Br)cc(C2CCNCC2)c(OC)c1F. The molecule has 1 saturated heterocycles. The van der Waals surface area contributed by atoms with Gasteiger partial charge in [-0.25, -0.2) is 0 Å². The summed E-state index contributed by atoms with van der Waals surface area (Å²) in [5, 5.41) is 3.30. The van der Waals surface area contributed by atoms with Gasteiger partial charge in [-0.05, 0) is 53.8 Å². The van der Waals surface area contributed by atoms with E-state index in [1.807, 2.05) is 6.07 Å². The van der Waals surface area contributed by atoms with Crippen LogP contribution in [0.3, 0.4) is 0 Å². The third-order valence-electron chi connectivity index (χ3n) is 3.35. The van der Waals surface area contributed by atoms with E-state index in [9.17, 15) is 4.39 Å². The largest absolute Gasteiger partial charge is 0.493 e. The van der Waals surface area contributed by atoms with Gasteiger partial charge in [0, 0.05) is 5.56 Å². The number of rotatable bonds is 3. The molecule has 100 valence electrons. The predicted octanol–water partition coefficient (Wildman–Crippen LogP) is 3.07. The van der Waals surface area contributed by atoms with Gasteiger partial charge in [-0.1, -0.05) is 0 Å². The smallest absolute Gasteiger partial charge is 0.208 e. The standard InChI is InChI=1S/C13H17BrFNO2/c1-17-12-9(8-3-5-16-6-4-8)7-10(14)13(18-2)11(12)15/h7-8,16H,3-6H2,1-2H3. The third-order valence-corrected chi connectivity index (χ3v) is 3.94. The Hall–Kier alpha value is -0.810. The van der Waals surface area contributed by atoms with E-state index in [0.717, 1.165) is 31.5 Å². The molecule has 0 saturated carbocycles. The predicted molar refractivity (Wildman–Crippen MR) is 72.0 cm³/mol. The van der Waals surface area contributed by atoms with Gasteiger partial charge in [-0.15, -0.1) is 0 Å². The molecule has 0 bridgehead atoms. The highest BCUT2D eigenvalue weighted by molar-refractivity contribution is 9.10. The highest BCUT2D eigenvalue weighted by Crippen LogP contribution is 2.42. The van der Waals surface area contributed by atoms with Crippen molar-refractivity contribution in [2.45, 2.75) is 18.8 Å². The van der Waals surface area contributed by atoms with Crippen LogP contribution in [0, 0.1) is 5.82 Å². The van der Waals surface area contributed by atoms with Crippen molar-refractivity contribution >= 4 is 15.9 Å². The van der Waals surface area contributed by atoms with E-state index < -0.39 is 5.82 Å². The van der Waals surface area contributed by atoms with Crippen molar-refractivity contribution in [1.82, 2.24) is 5.32 Å². The lowest BCUT2D eigenvalue weighted by atomic mass is 9.89. The van der Waals surface area contributed by atoms with Crippen molar-refractivity contribution in [3.63, 3.8) is 0 Å². The molecule has 0 unspecified atom stereocenters. The number of hydrogen-bond donors (Lipinski definition) is 1. The molecular weight excluding hydrogens is 301 g/mol. The maximum atomic E-state index is 14.3. The number of ether oxygens (including phenoxy) is 2. The average molecular weight is 318 g/mol. The molecular formula is C13H17BrFNO2. The quantitative estimate of drug-likeness (QED) is 0.929. The van der Waals surface area contributed by atoms with Crippen LogP contribution in [0.15, 0.2) is 10.5 Å². The minimum atomic E-state index is -0.428. The highest BCUT2D eigenvalue weighted by Gasteiger charge is 2.25. The van der Waals surface area contributed by atoms with Crippen LogP contribution in [-0.2, 0) is 0 Å². The first-order valence-electron chi connectivity index (χ1n) is 5.99. The second-order valence-electron chi connectivity index (χ2n) is 4.35. The molecule has 1 fully saturated rings. The molecule has 2 rings (SSSR count). The Bertz CT molecular complexity index is 433. The van der Waals surface area contributed by atoms with E-state index in [-0.39, 0.29) is 5.75 Å². The summed E-state index contributed by atoms with van der Waals surface area (Å²) < 4.78 is 25.2. The number of benzene rings is 1. The van der Waals surface area contributed by atoms with Gasteiger partial charge < -0.3 is 14.8 Å². The van der Waals surface area contributed by atoms with Gasteiger partial charge in [-0.3, -0.25) is 0 Å². The van der Waals surface area contributed by atoms with Crippen molar-refractivity contribution in [1.29, 1.82) is 0 Å². The molecule has 5 heteroatoms. The molecule has 0 radical (unpaired) electrons. The lowest BCUT2D eigenvalue weighted by Crippen LogP contribution is -2.27. The Morgan fingerprint density at radius 1 is 1.22 bits per heavy atom. The van der Waals surface area contributed by atoms with Crippen LogP contribution in [0.2, 0.25) is 0 Å². The van der Waals surface area contributed by atoms with Gasteiger partial charge in [0.15, 0.2) is 11.5 Å². The molecule has 0 atom stereocenters. The molecule has 1 N–H and O–H groups in total. The highest BCUT2D eigenvalue weighted by atomic mass is 79.9. The summed E-state index contributed by atoms with van der Waals surface area (Å²) in [5.41, 5.74) is 0.921. The number of piperidine rings is 1. The van der Waals surface area contributed by atoms with E-state index in [0.29, 0.717) is 16.1 Å². The number of hydrogen-bond acceptors (Lipinski definition) is 3. The Kier molecular flexibility index (Phi) is 4.45. The van der Waals surface area contributed by atoms with E-state index in [2.05, 4.69) is 21.2 Å². The lowest BCUT2D eigenvalue weighted by molar-refractivity contribution is 0.339. The lowest BCUT2D eigenvalue weighted by Gasteiger charge is -2.25. The van der Waals surface area contributed by atoms with Gasteiger partial charge in [0.25, 0.3) is 0 Å². The minimum absolute atomic E-state index is 0.199. The Morgan fingerprint density at radius 3 is 2.39 bits per heavy atom. The van der Waals surface area contributed by atoms with Crippen LogP contribution in [-0.4, -0.2) is 27.3 Å². The van der Waals surface area contributed by atoms with Gasteiger partial charge in [0.2, 0.25) is 5.82 Å². The topological polar surface area (TPSA) is 30.5 Å². The first-order chi connectivity index (χ1) is 8.69. The molecule has 0 amide bonds. The third kappa shape index (κ3) is 2.47. The molecule has 1 heterocycles. The van der Waals surface area contributed by atoms with Crippen molar-refractivity contribution in [3.05, 3.63) is 21.9 Å². The maximum Gasteiger partial charge on any atom is 0.208 e. The monoisotopic (exact) mass is 317 g/mol. The molecule has 1 aliphatic heterocycles. The summed E-state index contributed by atoms with van der Waals surface area (Å²) in [7, 11) is 2.95. The maximum absolute atomic E-state index is 14.3. The van der Waals surface area contributed by atoms with E-state index >= 15 is 0 Å². The minimum Gasteiger partial charge on any atom is -0.493 e. The van der Waals surface area contributed by atoms with Crippen LogP contribution in [0.4, 0.5) is 4.39 Å². The van der Waals surface area contributed by atoms with Gasteiger partial charge in [0.05, 0.1) is 18.7 Å². The van der Waals surface area contributed by atoms with Crippen LogP contribution >= 0.6 is 15.9 Å². The molecule has 1 aromatic carbocycles. The molecule has 0 aliphatic carbocycles. The van der Waals surface area contributed by atoms with Crippen LogP contribution < -0.4 is 14.8 Å². The first kappa shape index (κ1) is 13.6. The van der Waals surface area contributed by atoms with Gasteiger partial charge >= 0.3 is 0 Å². The fourth-order valence-electron chi connectivity index (χ4n) is 2.43.